The molecule has 0 rings (SSSR count). The number of rotatable bonds is 7. The van der Waals surface area contributed by atoms with Crippen LogP contribution in [0.4, 0.5) is 0 Å². The van der Waals surface area contributed by atoms with E-state index in [-0.39, 0.29) is 0 Å². The second-order valence-electron chi connectivity index (χ2n) is 4.36. The van der Waals surface area contributed by atoms with E-state index in [1.807, 2.05) is 0 Å². The Bertz CT molecular complexity index is 143. The fourth-order valence-electron chi connectivity index (χ4n) is 1.39. The number of nitrogens with two attached hydrogens (primary N) is 1. The van der Waals surface area contributed by atoms with Gasteiger partial charge in [-0.2, -0.15) is 0 Å². The van der Waals surface area contributed by atoms with E-state index in [4.69, 9.17) is 5.73 Å². The first kappa shape index (κ1) is 12.6. The first-order chi connectivity index (χ1) is 6.06. The van der Waals surface area contributed by atoms with Crippen LogP contribution in [0.5, 0.6) is 0 Å². The van der Waals surface area contributed by atoms with Crippen LogP contribution in [-0.2, 0) is 4.79 Å². The number of carbonyl (C=O) groups is 1. The molecular formula is C11H23NO. The first-order valence-corrected chi connectivity index (χ1v) is 5.28. The summed E-state index contributed by atoms with van der Waals surface area (Å²) < 4.78 is 0. The SMILES string of the molecule is CC(C)CC(=O)CCC(C)CCN. The van der Waals surface area contributed by atoms with Gasteiger partial charge in [0.2, 0.25) is 0 Å². The molecule has 0 fully saturated rings. The maximum atomic E-state index is 11.3. The smallest absolute Gasteiger partial charge is 0.133 e. The second-order valence-corrected chi connectivity index (χ2v) is 4.36. The van der Waals surface area contributed by atoms with Crippen LogP contribution in [0.25, 0.3) is 0 Å². The normalized spacial score (nSPS) is 13.3. The van der Waals surface area contributed by atoms with E-state index in [0.717, 1.165) is 32.2 Å². The molecule has 0 heterocycles. The van der Waals surface area contributed by atoms with Crippen LogP contribution < -0.4 is 5.73 Å². The van der Waals surface area contributed by atoms with Gasteiger partial charge in [0.15, 0.2) is 0 Å². The molecule has 0 spiro atoms. The molecule has 0 saturated heterocycles. The van der Waals surface area contributed by atoms with Gasteiger partial charge in [0.05, 0.1) is 0 Å². The summed E-state index contributed by atoms with van der Waals surface area (Å²) in [4.78, 5) is 11.3. The summed E-state index contributed by atoms with van der Waals surface area (Å²) in [6, 6.07) is 0. The Labute approximate surface area is 81.9 Å². The van der Waals surface area contributed by atoms with Gasteiger partial charge < -0.3 is 5.73 Å². The van der Waals surface area contributed by atoms with E-state index in [1.165, 1.54) is 0 Å². The fraction of sp³-hybridized carbons (Fsp3) is 0.909. The van der Waals surface area contributed by atoms with Crippen LogP contribution in [0.3, 0.4) is 0 Å². The molecular weight excluding hydrogens is 162 g/mol. The van der Waals surface area contributed by atoms with Crippen molar-refractivity contribution >= 4 is 5.78 Å². The van der Waals surface area contributed by atoms with Gasteiger partial charge in [-0.05, 0) is 31.2 Å². The zero-order valence-corrected chi connectivity index (χ0v) is 9.18. The van der Waals surface area contributed by atoms with Crippen molar-refractivity contribution in [3.05, 3.63) is 0 Å². The lowest BCUT2D eigenvalue weighted by Crippen LogP contribution is -2.09. The molecule has 0 aliphatic rings. The second kappa shape index (κ2) is 7.07. The third-order valence-corrected chi connectivity index (χ3v) is 2.21. The van der Waals surface area contributed by atoms with E-state index in [9.17, 15) is 4.79 Å². The maximum absolute atomic E-state index is 11.3. The molecule has 0 aliphatic heterocycles. The van der Waals surface area contributed by atoms with Crippen LogP contribution in [0.15, 0.2) is 0 Å². The lowest BCUT2D eigenvalue weighted by Gasteiger charge is -2.09. The van der Waals surface area contributed by atoms with E-state index in [0.29, 0.717) is 17.6 Å². The minimum atomic E-state index is 0.402. The topological polar surface area (TPSA) is 43.1 Å². The average Bonchev–Trinajstić information content (AvgIpc) is 2.00. The van der Waals surface area contributed by atoms with E-state index in [1.54, 1.807) is 0 Å². The lowest BCUT2D eigenvalue weighted by atomic mass is 9.97. The van der Waals surface area contributed by atoms with Gasteiger partial charge in [-0.1, -0.05) is 20.8 Å². The Kier molecular flexibility index (Phi) is 6.87. The Morgan fingerprint density at radius 1 is 1.23 bits per heavy atom. The molecule has 2 heteroatoms. The number of ketones is 1. The molecule has 0 aromatic heterocycles. The highest BCUT2D eigenvalue weighted by Crippen LogP contribution is 2.12. The van der Waals surface area contributed by atoms with Gasteiger partial charge in [-0.15, -0.1) is 0 Å². The molecule has 0 aromatic carbocycles. The van der Waals surface area contributed by atoms with Crippen molar-refractivity contribution in [1.82, 2.24) is 0 Å². The lowest BCUT2D eigenvalue weighted by molar-refractivity contribution is -0.120. The standard InChI is InChI=1S/C11H23NO/c1-9(2)8-11(13)5-4-10(3)6-7-12/h9-10H,4-8,12H2,1-3H3. The Balaban J connectivity index is 3.46. The third kappa shape index (κ3) is 7.97. The van der Waals surface area contributed by atoms with Crippen molar-refractivity contribution in [3.8, 4) is 0 Å². The van der Waals surface area contributed by atoms with Gasteiger partial charge in [0.25, 0.3) is 0 Å². The molecule has 0 amide bonds. The zero-order valence-electron chi connectivity index (χ0n) is 9.18. The molecule has 1 atom stereocenters. The monoisotopic (exact) mass is 185 g/mol. The van der Waals surface area contributed by atoms with Crippen molar-refractivity contribution in [2.75, 3.05) is 6.54 Å². The highest BCUT2D eigenvalue weighted by Gasteiger charge is 2.07. The number of Topliss-reactive ketones (excluding diaryl/α,β-unsaturated/α-hetero) is 1. The molecule has 0 radical (unpaired) electrons. The van der Waals surface area contributed by atoms with Crippen molar-refractivity contribution in [2.45, 2.75) is 46.5 Å². The summed E-state index contributed by atoms with van der Waals surface area (Å²) >= 11 is 0. The van der Waals surface area contributed by atoms with Crippen LogP contribution in [-0.4, -0.2) is 12.3 Å². The van der Waals surface area contributed by atoms with Gasteiger partial charge >= 0.3 is 0 Å². The quantitative estimate of drug-likeness (QED) is 0.661. The molecule has 1 unspecified atom stereocenters. The van der Waals surface area contributed by atoms with Crippen molar-refractivity contribution in [2.24, 2.45) is 17.6 Å². The minimum absolute atomic E-state index is 0.402. The summed E-state index contributed by atoms with van der Waals surface area (Å²) in [5, 5.41) is 0. The van der Waals surface area contributed by atoms with Gasteiger partial charge in [-0.3, -0.25) is 4.79 Å². The van der Waals surface area contributed by atoms with Crippen molar-refractivity contribution in [3.63, 3.8) is 0 Å². The van der Waals surface area contributed by atoms with E-state index < -0.39 is 0 Å². The maximum Gasteiger partial charge on any atom is 0.133 e. The molecule has 78 valence electrons. The van der Waals surface area contributed by atoms with Gasteiger partial charge in [0.1, 0.15) is 5.78 Å². The predicted molar refractivity (Wildman–Crippen MR) is 56.5 cm³/mol. The Morgan fingerprint density at radius 3 is 2.31 bits per heavy atom. The molecule has 0 aromatic rings. The van der Waals surface area contributed by atoms with Crippen molar-refractivity contribution in [1.29, 1.82) is 0 Å². The predicted octanol–water partition coefficient (Wildman–Crippen LogP) is 2.37. The highest BCUT2D eigenvalue weighted by molar-refractivity contribution is 5.78. The number of hydrogen-bond donors (Lipinski definition) is 1. The summed E-state index contributed by atoms with van der Waals surface area (Å²) in [6.45, 7) is 7.07. The van der Waals surface area contributed by atoms with Gasteiger partial charge in [0, 0.05) is 12.8 Å². The Morgan fingerprint density at radius 2 is 1.85 bits per heavy atom. The largest absolute Gasteiger partial charge is 0.330 e. The molecule has 0 aliphatic carbocycles. The summed E-state index contributed by atoms with van der Waals surface area (Å²) in [7, 11) is 0. The molecule has 0 saturated carbocycles. The number of carbonyl (C=O) groups excluding carboxylic acids is 1. The summed E-state index contributed by atoms with van der Waals surface area (Å²) in [5.41, 5.74) is 5.43. The summed E-state index contributed by atoms with van der Waals surface area (Å²) in [5.74, 6) is 1.50. The van der Waals surface area contributed by atoms with Crippen LogP contribution in [0.1, 0.15) is 46.5 Å². The average molecular weight is 185 g/mol. The molecule has 2 nitrogen and oxygen atoms in total. The van der Waals surface area contributed by atoms with Crippen LogP contribution in [0.2, 0.25) is 0 Å². The minimum Gasteiger partial charge on any atom is -0.330 e. The van der Waals surface area contributed by atoms with Crippen LogP contribution in [0, 0.1) is 11.8 Å². The number of hydrogen-bond acceptors (Lipinski definition) is 2. The summed E-state index contributed by atoms with van der Waals surface area (Å²) in [6.07, 6.45) is 3.51. The zero-order chi connectivity index (χ0) is 10.3. The fourth-order valence-corrected chi connectivity index (χ4v) is 1.39. The Hall–Kier alpha value is -0.370. The van der Waals surface area contributed by atoms with Crippen molar-refractivity contribution < 1.29 is 4.79 Å². The third-order valence-electron chi connectivity index (χ3n) is 2.21. The highest BCUT2D eigenvalue weighted by atomic mass is 16.1. The van der Waals surface area contributed by atoms with E-state index in [2.05, 4.69) is 20.8 Å². The molecule has 0 bridgehead atoms. The van der Waals surface area contributed by atoms with Crippen LogP contribution >= 0.6 is 0 Å². The molecule has 13 heavy (non-hydrogen) atoms. The molecule has 2 N–H and O–H groups in total. The van der Waals surface area contributed by atoms with Gasteiger partial charge in [-0.25, -0.2) is 0 Å². The van der Waals surface area contributed by atoms with E-state index >= 15 is 0 Å². The first-order valence-electron chi connectivity index (χ1n) is 5.28.